The fraction of sp³-hybridized carbons (Fsp3) is 0.407. The molecule has 0 bridgehead atoms. The SMILES string of the molecule is Cc1c(Nc2c(C#N)cncc2C2=CCN(CC3CCN(C)CC3)CC2)ccc2[nH]ccc12. The van der Waals surface area contributed by atoms with E-state index in [-0.39, 0.29) is 0 Å². The third kappa shape index (κ3) is 4.52. The second kappa shape index (κ2) is 9.38. The first-order chi connectivity index (χ1) is 16.1. The second-order valence-electron chi connectivity index (χ2n) is 9.51. The molecule has 33 heavy (non-hydrogen) atoms. The van der Waals surface area contributed by atoms with E-state index in [9.17, 15) is 5.26 Å². The van der Waals surface area contributed by atoms with E-state index < -0.39 is 0 Å². The highest BCUT2D eigenvalue weighted by Crippen LogP contribution is 2.35. The number of anilines is 2. The Labute approximate surface area is 195 Å². The van der Waals surface area contributed by atoms with Gasteiger partial charge in [-0.05, 0) is 81.6 Å². The summed E-state index contributed by atoms with van der Waals surface area (Å²) in [6, 6.07) is 8.60. The molecule has 0 atom stereocenters. The molecular formula is C27H32N6. The largest absolute Gasteiger partial charge is 0.361 e. The Morgan fingerprint density at radius 3 is 2.79 bits per heavy atom. The summed E-state index contributed by atoms with van der Waals surface area (Å²) in [7, 11) is 2.22. The Hall–Kier alpha value is -3.14. The Morgan fingerprint density at radius 1 is 1.18 bits per heavy atom. The van der Waals surface area contributed by atoms with Crippen molar-refractivity contribution in [1.82, 2.24) is 19.8 Å². The first kappa shape index (κ1) is 21.7. The number of nitrogens with one attached hydrogen (secondary N) is 2. The number of benzene rings is 1. The Kier molecular flexibility index (Phi) is 6.17. The molecule has 2 aliphatic heterocycles. The number of piperidine rings is 1. The van der Waals surface area contributed by atoms with Crippen molar-refractivity contribution in [3.63, 3.8) is 0 Å². The zero-order valence-corrected chi connectivity index (χ0v) is 19.6. The van der Waals surface area contributed by atoms with Crippen molar-refractivity contribution in [2.45, 2.75) is 26.2 Å². The molecule has 2 aliphatic rings. The van der Waals surface area contributed by atoms with E-state index in [4.69, 9.17) is 0 Å². The number of nitrogens with zero attached hydrogens (tertiary/aromatic N) is 4. The van der Waals surface area contributed by atoms with Crippen LogP contribution in [-0.2, 0) is 0 Å². The summed E-state index contributed by atoms with van der Waals surface area (Å²) >= 11 is 0. The molecule has 0 aliphatic carbocycles. The molecule has 1 fully saturated rings. The molecule has 4 heterocycles. The van der Waals surface area contributed by atoms with Gasteiger partial charge in [0, 0.05) is 60.4 Å². The van der Waals surface area contributed by atoms with E-state index in [1.807, 2.05) is 12.4 Å². The predicted molar refractivity (Wildman–Crippen MR) is 135 cm³/mol. The lowest BCUT2D eigenvalue weighted by atomic mass is 9.94. The van der Waals surface area contributed by atoms with Gasteiger partial charge >= 0.3 is 0 Å². The van der Waals surface area contributed by atoms with Gasteiger partial charge in [-0.3, -0.25) is 9.88 Å². The van der Waals surface area contributed by atoms with Gasteiger partial charge in [-0.15, -0.1) is 0 Å². The van der Waals surface area contributed by atoms with Crippen molar-refractivity contribution in [2.75, 3.05) is 45.1 Å². The summed E-state index contributed by atoms with van der Waals surface area (Å²) in [5.74, 6) is 0.809. The van der Waals surface area contributed by atoms with Crippen LogP contribution in [-0.4, -0.2) is 59.5 Å². The first-order valence-corrected chi connectivity index (χ1v) is 11.9. The maximum absolute atomic E-state index is 9.80. The number of likely N-dealkylation sites (tertiary alicyclic amines) is 1. The van der Waals surface area contributed by atoms with Gasteiger partial charge in [0.1, 0.15) is 6.07 Å². The molecule has 5 rings (SSSR count). The monoisotopic (exact) mass is 440 g/mol. The highest BCUT2D eigenvalue weighted by atomic mass is 15.1. The zero-order valence-electron chi connectivity index (χ0n) is 19.6. The molecule has 1 aromatic carbocycles. The quantitative estimate of drug-likeness (QED) is 0.589. The van der Waals surface area contributed by atoms with Crippen LogP contribution in [0, 0.1) is 24.2 Å². The third-order valence-electron chi connectivity index (χ3n) is 7.32. The molecule has 2 N–H and O–H groups in total. The van der Waals surface area contributed by atoms with Gasteiger partial charge in [0.05, 0.1) is 11.3 Å². The van der Waals surface area contributed by atoms with E-state index in [2.05, 4.69) is 69.4 Å². The van der Waals surface area contributed by atoms with Gasteiger partial charge in [-0.2, -0.15) is 5.26 Å². The van der Waals surface area contributed by atoms with Crippen molar-refractivity contribution >= 4 is 27.9 Å². The molecule has 0 amide bonds. The number of nitriles is 1. The van der Waals surface area contributed by atoms with Crippen LogP contribution in [0.1, 0.15) is 36.0 Å². The van der Waals surface area contributed by atoms with E-state index in [0.717, 1.165) is 47.9 Å². The number of pyridine rings is 1. The number of H-pyrrole nitrogens is 1. The third-order valence-corrected chi connectivity index (χ3v) is 7.32. The maximum atomic E-state index is 9.80. The molecule has 170 valence electrons. The van der Waals surface area contributed by atoms with Crippen LogP contribution >= 0.6 is 0 Å². The number of hydrogen-bond acceptors (Lipinski definition) is 5. The van der Waals surface area contributed by atoms with Gasteiger partial charge < -0.3 is 15.2 Å². The molecule has 0 spiro atoms. The van der Waals surface area contributed by atoms with Gasteiger partial charge in [-0.25, -0.2) is 0 Å². The van der Waals surface area contributed by atoms with E-state index in [0.29, 0.717) is 5.56 Å². The normalized spacial score (nSPS) is 18.3. The highest BCUT2D eigenvalue weighted by molar-refractivity contribution is 5.90. The minimum atomic E-state index is 0.579. The average molecular weight is 441 g/mol. The molecule has 0 radical (unpaired) electrons. The second-order valence-corrected chi connectivity index (χ2v) is 9.51. The summed E-state index contributed by atoms with van der Waals surface area (Å²) < 4.78 is 0. The van der Waals surface area contributed by atoms with Crippen molar-refractivity contribution in [2.24, 2.45) is 5.92 Å². The van der Waals surface area contributed by atoms with Gasteiger partial charge in [0.25, 0.3) is 0 Å². The van der Waals surface area contributed by atoms with Gasteiger partial charge in [0.15, 0.2) is 0 Å². The number of hydrogen-bond donors (Lipinski definition) is 2. The van der Waals surface area contributed by atoms with E-state index in [1.54, 1.807) is 6.20 Å². The lowest BCUT2D eigenvalue weighted by Crippen LogP contribution is -2.38. The summed E-state index contributed by atoms with van der Waals surface area (Å²) in [5.41, 5.74) is 7.07. The number of aromatic amines is 1. The lowest BCUT2D eigenvalue weighted by molar-refractivity contribution is 0.168. The molecule has 6 nitrogen and oxygen atoms in total. The van der Waals surface area contributed by atoms with Crippen LogP contribution < -0.4 is 5.32 Å². The van der Waals surface area contributed by atoms with Crippen molar-refractivity contribution in [3.8, 4) is 6.07 Å². The van der Waals surface area contributed by atoms with Crippen LogP contribution in [0.2, 0.25) is 0 Å². The summed E-state index contributed by atoms with van der Waals surface area (Å²) in [6.45, 7) is 7.76. The minimum absolute atomic E-state index is 0.579. The van der Waals surface area contributed by atoms with Crippen LogP contribution in [0.5, 0.6) is 0 Å². The van der Waals surface area contributed by atoms with Crippen LogP contribution in [0.3, 0.4) is 0 Å². The molecule has 0 saturated carbocycles. The summed E-state index contributed by atoms with van der Waals surface area (Å²) in [5, 5.41) is 14.6. The smallest absolute Gasteiger partial charge is 0.103 e. The summed E-state index contributed by atoms with van der Waals surface area (Å²) in [6.07, 6.45) is 11.5. The van der Waals surface area contributed by atoms with E-state index in [1.165, 1.54) is 49.0 Å². The molecular weight excluding hydrogens is 408 g/mol. The first-order valence-electron chi connectivity index (χ1n) is 11.9. The molecule has 0 unspecified atom stereocenters. The Bertz CT molecular complexity index is 1210. The van der Waals surface area contributed by atoms with Crippen molar-refractivity contribution < 1.29 is 0 Å². The summed E-state index contributed by atoms with van der Waals surface area (Å²) in [4.78, 5) is 12.7. The lowest BCUT2D eigenvalue weighted by Gasteiger charge is -2.34. The standard InChI is InChI=1S/C27H32N6/c1-19-23-5-10-30-26(23)4-3-25(19)31-27-22(15-28)16-29-17-24(27)21-8-13-33(14-9-21)18-20-6-11-32(2)12-7-20/h3-5,8,10,16-17,20,30H,6-7,9,11-14,18H2,1-2H3,(H,29,31). The van der Waals surface area contributed by atoms with Gasteiger partial charge in [0.2, 0.25) is 0 Å². The number of aromatic nitrogens is 2. The van der Waals surface area contributed by atoms with Crippen LogP contribution in [0.25, 0.3) is 16.5 Å². The fourth-order valence-corrected chi connectivity index (χ4v) is 5.21. The topological polar surface area (TPSA) is 71.0 Å². The minimum Gasteiger partial charge on any atom is -0.361 e. The van der Waals surface area contributed by atoms with Crippen LogP contribution in [0.15, 0.2) is 42.9 Å². The molecule has 6 heteroatoms. The number of fused-ring (bicyclic) bond motifs is 1. The molecule has 2 aromatic heterocycles. The van der Waals surface area contributed by atoms with Crippen LogP contribution in [0.4, 0.5) is 11.4 Å². The Balaban J connectivity index is 1.37. The zero-order chi connectivity index (χ0) is 22.8. The van der Waals surface area contributed by atoms with Crippen molar-refractivity contribution in [1.29, 1.82) is 5.26 Å². The van der Waals surface area contributed by atoms with Crippen molar-refractivity contribution in [3.05, 3.63) is 59.6 Å². The molecule has 3 aromatic rings. The van der Waals surface area contributed by atoms with Gasteiger partial charge in [-0.1, -0.05) is 6.08 Å². The fourth-order valence-electron chi connectivity index (χ4n) is 5.21. The highest BCUT2D eigenvalue weighted by Gasteiger charge is 2.22. The number of aryl methyl sites for hydroxylation is 1. The Morgan fingerprint density at radius 2 is 2.03 bits per heavy atom. The average Bonchev–Trinajstić information content (AvgIpc) is 3.33. The number of rotatable bonds is 5. The predicted octanol–water partition coefficient (Wildman–Crippen LogP) is 4.92. The van der Waals surface area contributed by atoms with E-state index >= 15 is 0 Å². The molecule has 1 saturated heterocycles. The maximum Gasteiger partial charge on any atom is 0.103 e.